The number of carbonyl (C=O) groups is 1. The van der Waals surface area contributed by atoms with Crippen molar-refractivity contribution in [2.24, 2.45) is 0 Å². The number of sulfonamides is 1. The molecule has 0 unspecified atom stereocenters. The van der Waals surface area contributed by atoms with Crippen molar-refractivity contribution in [3.8, 4) is 23.1 Å². The van der Waals surface area contributed by atoms with Gasteiger partial charge in [0.25, 0.3) is 10.0 Å². The van der Waals surface area contributed by atoms with Gasteiger partial charge in [-0.3, -0.25) is 14.7 Å². The highest BCUT2D eigenvalue weighted by Crippen LogP contribution is 2.23. The smallest absolute Gasteiger partial charge is 0.404 e. The maximum atomic E-state index is 12.8. The Morgan fingerprint density at radius 1 is 1.00 bits per heavy atom. The molecule has 10 nitrogen and oxygen atoms in total. The molecule has 1 aromatic carbocycles. The van der Waals surface area contributed by atoms with Crippen LogP contribution in [-0.4, -0.2) is 39.6 Å². The zero-order valence-corrected chi connectivity index (χ0v) is 21.5. The number of pyridine rings is 2. The molecule has 0 aliphatic carbocycles. The molecule has 0 atom stereocenters. The second kappa shape index (κ2) is 11.5. The van der Waals surface area contributed by atoms with E-state index in [2.05, 4.69) is 41.8 Å². The van der Waals surface area contributed by atoms with Crippen molar-refractivity contribution < 1.29 is 18.3 Å². The molecule has 0 spiro atoms. The molecule has 0 saturated heterocycles. The molecular formula is C27H24N6O4S. The maximum absolute atomic E-state index is 12.8. The lowest BCUT2D eigenvalue weighted by Crippen LogP contribution is -2.20. The van der Waals surface area contributed by atoms with E-state index in [0.717, 1.165) is 5.69 Å². The summed E-state index contributed by atoms with van der Waals surface area (Å²) in [6, 6.07) is 13.2. The second-order valence-corrected chi connectivity index (χ2v) is 9.80. The summed E-state index contributed by atoms with van der Waals surface area (Å²) in [4.78, 5) is 28.3. The van der Waals surface area contributed by atoms with Crippen LogP contribution in [0.15, 0.2) is 72.1 Å². The highest BCUT2D eigenvalue weighted by Gasteiger charge is 2.16. The number of nitrogens with one attached hydrogen (secondary N) is 2. The zero-order valence-electron chi connectivity index (χ0n) is 20.6. The van der Waals surface area contributed by atoms with Crippen LogP contribution in [0.5, 0.6) is 0 Å². The van der Waals surface area contributed by atoms with E-state index in [0.29, 0.717) is 45.9 Å². The number of aryl methyl sites for hydroxylation is 2. The van der Waals surface area contributed by atoms with Gasteiger partial charge in [0.2, 0.25) is 0 Å². The lowest BCUT2D eigenvalue weighted by molar-refractivity contribution is 0.194. The number of hydrogen-bond acceptors (Lipinski definition) is 7. The lowest BCUT2D eigenvalue weighted by Gasteiger charge is -2.10. The summed E-state index contributed by atoms with van der Waals surface area (Å²) in [6.45, 7) is 3.75. The summed E-state index contributed by atoms with van der Waals surface area (Å²) in [6.07, 6.45) is 4.13. The lowest BCUT2D eigenvalue weighted by atomic mass is 10.0. The van der Waals surface area contributed by atoms with Gasteiger partial charge < -0.3 is 10.4 Å². The highest BCUT2D eigenvalue weighted by atomic mass is 32.2. The topological polar surface area (TPSA) is 147 Å². The number of carboxylic acid groups (broad SMARTS) is 1. The first kappa shape index (κ1) is 26.2. The highest BCUT2D eigenvalue weighted by molar-refractivity contribution is 7.92. The molecule has 0 aliphatic heterocycles. The van der Waals surface area contributed by atoms with Crippen molar-refractivity contribution in [3.05, 3.63) is 95.5 Å². The second-order valence-electron chi connectivity index (χ2n) is 8.12. The first-order chi connectivity index (χ1) is 18.3. The van der Waals surface area contributed by atoms with E-state index in [1.807, 2.05) is 6.92 Å². The maximum Gasteiger partial charge on any atom is 0.404 e. The Morgan fingerprint density at radius 3 is 2.47 bits per heavy atom. The van der Waals surface area contributed by atoms with Crippen molar-refractivity contribution in [1.29, 1.82) is 0 Å². The number of benzene rings is 1. The summed E-state index contributed by atoms with van der Waals surface area (Å²) < 4.78 is 28.2. The largest absolute Gasteiger partial charge is 0.465 e. The minimum absolute atomic E-state index is 0.0864. The van der Waals surface area contributed by atoms with Gasteiger partial charge in [-0.2, -0.15) is 0 Å². The van der Waals surface area contributed by atoms with E-state index in [-0.39, 0.29) is 11.4 Å². The standard InChI is InChI=1S/C27H24N6O4S/c1-3-24-23(26(32-17-31-24)20-10-11-21(29-15-20)16-30-27(34)35)12-9-19-13-25(18(2)28-14-19)33-38(36,37)22-7-5-4-6-8-22/h4-8,10-11,13-15,17,30,33H,3,16H2,1-2H3,(H,34,35). The molecule has 3 heterocycles. The van der Waals surface area contributed by atoms with Gasteiger partial charge in [-0.25, -0.2) is 23.2 Å². The Morgan fingerprint density at radius 2 is 1.79 bits per heavy atom. The molecule has 0 saturated carbocycles. The van der Waals surface area contributed by atoms with Gasteiger partial charge in [0.05, 0.1) is 45.5 Å². The van der Waals surface area contributed by atoms with E-state index in [9.17, 15) is 13.2 Å². The van der Waals surface area contributed by atoms with Crippen LogP contribution in [0.4, 0.5) is 10.5 Å². The average molecular weight is 529 g/mol. The molecule has 3 aromatic heterocycles. The summed E-state index contributed by atoms with van der Waals surface area (Å²) in [5.74, 6) is 6.19. The van der Waals surface area contributed by atoms with Crippen molar-refractivity contribution in [2.45, 2.75) is 31.7 Å². The number of amides is 1. The molecule has 1 amide bonds. The predicted octanol–water partition coefficient (Wildman–Crippen LogP) is 3.77. The fraction of sp³-hybridized carbons (Fsp3) is 0.148. The third kappa shape index (κ3) is 6.29. The summed E-state index contributed by atoms with van der Waals surface area (Å²) >= 11 is 0. The minimum atomic E-state index is -3.79. The van der Waals surface area contributed by atoms with Crippen molar-refractivity contribution in [2.75, 3.05) is 4.72 Å². The predicted molar refractivity (Wildman–Crippen MR) is 142 cm³/mol. The molecule has 0 fully saturated rings. The average Bonchev–Trinajstić information content (AvgIpc) is 2.92. The minimum Gasteiger partial charge on any atom is -0.465 e. The fourth-order valence-electron chi connectivity index (χ4n) is 3.52. The van der Waals surface area contributed by atoms with E-state index >= 15 is 0 Å². The molecule has 3 N–H and O–H groups in total. The van der Waals surface area contributed by atoms with Crippen LogP contribution < -0.4 is 10.0 Å². The van der Waals surface area contributed by atoms with Crippen LogP contribution in [0.25, 0.3) is 11.3 Å². The quantitative estimate of drug-likeness (QED) is 0.307. The van der Waals surface area contributed by atoms with Gasteiger partial charge in [0, 0.05) is 23.5 Å². The monoisotopic (exact) mass is 528 g/mol. The van der Waals surface area contributed by atoms with Crippen LogP contribution in [0.1, 0.15) is 35.1 Å². The number of hydrogen-bond donors (Lipinski definition) is 3. The Balaban J connectivity index is 1.66. The van der Waals surface area contributed by atoms with Crippen molar-refractivity contribution in [1.82, 2.24) is 25.3 Å². The Hall–Kier alpha value is -4.82. The number of anilines is 1. The molecule has 4 rings (SSSR count). The van der Waals surface area contributed by atoms with Crippen molar-refractivity contribution >= 4 is 21.8 Å². The van der Waals surface area contributed by atoms with Gasteiger partial charge >= 0.3 is 6.09 Å². The number of rotatable bonds is 7. The van der Waals surface area contributed by atoms with E-state index in [1.54, 1.807) is 55.7 Å². The van der Waals surface area contributed by atoms with Crippen LogP contribution >= 0.6 is 0 Å². The van der Waals surface area contributed by atoms with Gasteiger partial charge in [-0.15, -0.1) is 0 Å². The first-order valence-corrected chi connectivity index (χ1v) is 13.1. The van der Waals surface area contributed by atoms with Gasteiger partial charge in [-0.1, -0.05) is 37.0 Å². The SMILES string of the molecule is CCc1ncnc(-c2ccc(CNC(=O)O)nc2)c1C#Cc1cnc(C)c(NS(=O)(=O)c2ccccc2)c1. The molecule has 0 radical (unpaired) electrons. The first-order valence-electron chi connectivity index (χ1n) is 11.6. The van der Waals surface area contributed by atoms with E-state index in [1.165, 1.54) is 18.5 Å². The van der Waals surface area contributed by atoms with E-state index < -0.39 is 16.1 Å². The summed E-state index contributed by atoms with van der Waals surface area (Å²) in [7, 11) is -3.79. The van der Waals surface area contributed by atoms with Crippen molar-refractivity contribution in [3.63, 3.8) is 0 Å². The van der Waals surface area contributed by atoms with Crippen LogP contribution in [0.2, 0.25) is 0 Å². The molecule has 0 aliphatic rings. The van der Waals surface area contributed by atoms with Crippen LogP contribution in [0.3, 0.4) is 0 Å². The molecule has 38 heavy (non-hydrogen) atoms. The molecular weight excluding hydrogens is 504 g/mol. The molecule has 11 heteroatoms. The van der Waals surface area contributed by atoms with E-state index in [4.69, 9.17) is 5.11 Å². The molecule has 192 valence electrons. The summed E-state index contributed by atoms with van der Waals surface area (Å²) in [5, 5.41) is 11.1. The summed E-state index contributed by atoms with van der Waals surface area (Å²) in [5.41, 5.74) is 4.54. The normalized spacial score (nSPS) is 10.8. The fourth-order valence-corrected chi connectivity index (χ4v) is 4.65. The Kier molecular flexibility index (Phi) is 7.94. The molecule has 0 bridgehead atoms. The van der Waals surface area contributed by atoms with Gasteiger partial charge in [0.1, 0.15) is 6.33 Å². The zero-order chi connectivity index (χ0) is 27.1. The van der Waals surface area contributed by atoms with Gasteiger partial charge in [-0.05, 0) is 43.7 Å². The Labute approximate surface area is 220 Å². The van der Waals surface area contributed by atoms with Crippen LogP contribution in [-0.2, 0) is 23.0 Å². The van der Waals surface area contributed by atoms with Crippen LogP contribution in [0, 0.1) is 18.8 Å². The van der Waals surface area contributed by atoms with Gasteiger partial charge in [0.15, 0.2) is 0 Å². The number of aromatic nitrogens is 4. The third-order valence-electron chi connectivity index (χ3n) is 5.50. The number of nitrogens with zero attached hydrogens (tertiary/aromatic N) is 4. The molecule has 4 aromatic rings. The third-order valence-corrected chi connectivity index (χ3v) is 6.88. The Bertz CT molecular complexity index is 1630.